The van der Waals surface area contributed by atoms with E-state index in [0.717, 1.165) is 18.4 Å². The van der Waals surface area contributed by atoms with E-state index in [1.165, 1.54) is 6.07 Å². The molecule has 0 amide bonds. The summed E-state index contributed by atoms with van der Waals surface area (Å²) in [6.45, 7) is 2.34. The molecule has 1 fully saturated rings. The van der Waals surface area contributed by atoms with Crippen molar-refractivity contribution in [3.05, 3.63) is 23.8 Å². The number of benzene rings is 1. The minimum atomic E-state index is -3.45. The van der Waals surface area contributed by atoms with Crippen LogP contribution in [0, 0.1) is 6.92 Å². The molecule has 1 aliphatic carbocycles. The minimum absolute atomic E-state index is 0.114. The third-order valence-electron chi connectivity index (χ3n) is 3.39. The third-order valence-corrected chi connectivity index (χ3v) is 6.20. The van der Waals surface area contributed by atoms with E-state index >= 15 is 0 Å². The molecule has 1 aliphatic rings. The number of nitrogen functional groups attached to an aromatic ring is 1. The molecule has 1 aromatic rings. The lowest BCUT2D eigenvalue weighted by atomic mass is 10.2. The summed E-state index contributed by atoms with van der Waals surface area (Å²) in [7, 11) is -3.45. The highest BCUT2D eigenvalue weighted by Gasteiger charge is 2.42. The molecule has 1 saturated carbocycles. The highest BCUT2D eigenvalue weighted by Crippen LogP contribution is 2.46. The maximum absolute atomic E-state index is 12.1. The molecule has 2 rings (SSSR count). The predicted molar refractivity (Wildman–Crippen MR) is 76.3 cm³/mol. The summed E-state index contributed by atoms with van der Waals surface area (Å²) in [6.07, 6.45) is 4.17. The summed E-state index contributed by atoms with van der Waals surface area (Å²) in [5.74, 6) is 0. The van der Waals surface area contributed by atoms with Gasteiger partial charge in [-0.05, 0) is 43.7 Å². The van der Waals surface area contributed by atoms with Gasteiger partial charge in [-0.15, -0.1) is 0 Å². The van der Waals surface area contributed by atoms with E-state index in [1.807, 2.05) is 13.2 Å². The first-order valence-corrected chi connectivity index (χ1v) is 8.50. The summed E-state index contributed by atoms with van der Waals surface area (Å²) in [5.41, 5.74) is 7.13. The van der Waals surface area contributed by atoms with Gasteiger partial charge in [-0.2, -0.15) is 11.8 Å². The Labute approximate surface area is 112 Å². The highest BCUT2D eigenvalue weighted by atomic mass is 32.2. The van der Waals surface area contributed by atoms with Crippen LogP contribution in [0.15, 0.2) is 23.1 Å². The topological polar surface area (TPSA) is 72.2 Å². The van der Waals surface area contributed by atoms with E-state index in [-0.39, 0.29) is 9.64 Å². The summed E-state index contributed by atoms with van der Waals surface area (Å²) >= 11 is 1.73. The van der Waals surface area contributed by atoms with Crippen molar-refractivity contribution in [1.29, 1.82) is 0 Å². The Morgan fingerprint density at radius 3 is 2.61 bits per heavy atom. The maximum Gasteiger partial charge on any atom is 0.240 e. The monoisotopic (exact) mass is 286 g/mol. The molecule has 4 nitrogen and oxygen atoms in total. The molecule has 0 saturated heterocycles. The van der Waals surface area contributed by atoms with Gasteiger partial charge in [-0.1, -0.05) is 6.07 Å². The lowest BCUT2D eigenvalue weighted by Gasteiger charge is -2.14. The second kappa shape index (κ2) is 4.75. The number of nitrogens with one attached hydrogen (secondary N) is 1. The second-order valence-electron chi connectivity index (χ2n) is 4.73. The molecule has 6 heteroatoms. The molecule has 1 aromatic carbocycles. The van der Waals surface area contributed by atoms with E-state index in [0.29, 0.717) is 12.2 Å². The molecule has 0 aromatic heterocycles. The smallest absolute Gasteiger partial charge is 0.240 e. The highest BCUT2D eigenvalue weighted by molar-refractivity contribution is 8.00. The van der Waals surface area contributed by atoms with Crippen LogP contribution < -0.4 is 10.5 Å². The molecular weight excluding hydrogens is 268 g/mol. The standard InChI is InChI=1S/C12H18N2O2S2/c1-9-3-4-10(7-11(9)13)18(15,16)14-8-12(17-2)5-6-12/h3-4,7,14H,5-6,8,13H2,1-2H3. The molecule has 0 atom stereocenters. The number of aryl methyl sites for hydroxylation is 1. The molecule has 0 heterocycles. The van der Waals surface area contributed by atoms with E-state index in [9.17, 15) is 8.42 Å². The normalized spacial score (nSPS) is 17.7. The van der Waals surface area contributed by atoms with E-state index in [2.05, 4.69) is 4.72 Å². The van der Waals surface area contributed by atoms with E-state index in [4.69, 9.17) is 5.73 Å². The summed E-state index contributed by atoms with van der Waals surface area (Å²) in [5, 5.41) is 0. The summed E-state index contributed by atoms with van der Waals surface area (Å²) in [4.78, 5) is 0.238. The fourth-order valence-electron chi connectivity index (χ4n) is 1.69. The first-order chi connectivity index (χ1) is 8.38. The largest absolute Gasteiger partial charge is 0.398 e. The van der Waals surface area contributed by atoms with Gasteiger partial charge >= 0.3 is 0 Å². The van der Waals surface area contributed by atoms with Crippen molar-refractivity contribution in [2.75, 3.05) is 18.5 Å². The third kappa shape index (κ3) is 2.81. The SMILES string of the molecule is CSC1(CNS(=O)(=O)c2ccc(C)c(N)c2)CC1. The van der Waals surface area contributed by atoms with Gasteiger partial charge < -0.3 is 5.73 Å². The van der Waals surface area contributed by atoms with Gasteiger partial charge in [0.15, 0.2) is 0 Å². The maximum atomic E-state index is 12.1. The van der Waals surface area contributed by atoms with Gasteiger partial charge in [-0.3, -0.25) is 0 Å². The Balaban J connectivity index is 2.13. The summed E-state index contributed by atoms with van der Waals surface area (Å²) in [6, 6.07) is 4.83. The average molecular weight is 286 g/mol. The van der Waals surface area contributed by atoms with Crippen LogP contribution in [-0.4, -0.2) is 26.0 Å². The van der Waals surface area contributed by atoms with E-state index in [1.54, 1.807) is 23.9 Å². The predicted octanol–water partition coefficient (Wildman–Crippen LogP) is 1.75. The molecule has 0 aliphatic heterocycles. The molecule has 0 unspecified atom stereocenters. The number of nitrogens with two attached hydrogens (primary N) is 1. The quantitative estimate of drug-likeness (QED) is 0.809. The number of rotatable bonds is 5. The number of hydrogen-bond acceptors (Lipinski definition) is 4. The van der Waals surface area contributed by atoms with Crippen LogP contribution in [0.25, 0.3) is 0 Å². The van der Waals surface area contributed by atoms with Crippen molar-refractivity contribution in [2.24, 2.45) is 0 Å². The van der Waals surface area contributed by atoms with E-state index < -0.39 is 10.0 Å². The first-order valence-electron chi connectivity index (χ1n) is 5.79. The van der Waals surface area contributed by atoms with Crippen molar-refractivity contribution in [3.8, 4) is 0 Å². The van der Waals surface area contributed by atoms with Gasteiger partial charge in [0.05, 0.1) is 4.90 Å². The Kier molecular flexibility index (Phi) is 3.62. The molecule has 0 spiro atoms. The van der Waals surface area contributed by atoms with Crippen LogP contribution >= 0.6 is 11.8 Å². The van der Waals surface area contributed by atoms with Gasteiger partial charge in [0, 0.05) is 17.0 Å². The van der Waals surface area contributed by atoms with Gasteiger partial charge in [0.2, 0.25) is 10.0 Å². The Hall–Kier alpha value is -0.720. The summed E-state index contributed by atoms with van der Waals surface area (Å²) < 4.78 is 27.0. The molecule has 18 heavy (non-hydrogen) atoms. The fourth-order valence-corrected chi connectivity index (χ4v) is 3.67. The zero-order valence-corrected chi connectivity index (χ0v) is 12.2. The Bertz CT molecular complexity index is 551. The van der Waals surface area contributed by atoms with Crippen LogP contribution in [0.1, 0.15) is 18.4 Å². The molecule has 0 radical (unpaired) electrons. The number of sulfonamides is 1. The van der Waals surface area contributed by atoms with Crippen molar-refractivity contribution in [1.82, 2.24) is 4.72 Å². The zero-order valence-electron chi connectivity index (χ0n) is 10.6. The van der Waals surface area contributed by atoms with Crippen LogP contribution in [-0.2, 0) is 10.0 Å². The molecular formula is C12H18N2O2S2. The minimum Gasteiger partial charge on any atom is -0.398 e. The van der Waals surface area contributed by atoms with Gasteiger partial charge in [0.25, 0.3) is 0 Å². The molecule has 100 valence electrons. The number of hydrogen-bond donors (Lipinski definition) is 2. The van der Waals surface area contributed by atoms with Crippen LogP contribution in [0.2, 0.25) is 0 Å². The number of anilines is 1. The van der Waals surface area contributed by atoms with Crippen LogP contribution in [0.5, 0.6) is 0 Å². The van der Waals surface area contributed by atoms with Crippen LogP contribution in [0.3, 0.4) is 0 Å². The van der Waals surface area contributed by atoms with Gasteiger partial charge in [-0.25, -0.2) is 13.1 Å². The van der Waals surface area contributed by atoms with Gasteiger partial charge in [0.1, 0.15) is 0 Å². The number of thioether (sulfide) groups is 1. The Morgan fingerprint density at radius 1 is 1.44 bits per heavy atom. The average Bonchev–Trinajstić information content (AvgIpc) is 3.11. The fraction of sp³-hybridized carbons (Fsp3) is 0.500. The van der Waals surface area contributed by atoms with Crippen molar-refractivity contribution < 1.29 is 8.42 Å². The van der Waals surface area contributed by atoms with Crippen LogP contribution in [0.4, 0.5) is 5.69 Å². The van der Waals surface area contributed by atoms with Crippen molar-refractivity contribution in [3.63, 3.8) is 0 Å². The lowest BCUT2D eigenvalue weighted by Crippen LogP contribution is -2.31. The Morgan fingerprint density at radius 2 is 2.11 bits per heavy atom. The van der Waals surface area contributed by atoms with Crippen molar-refractivity contribution >= 4 is 27.5 Å². The lowest BCUT2D eigenvalue weighted by molar-refractivity contribution is 0.580. The van der Waals surface area contributed by atoms with Crippen molar-refractivity contribution in [2.45, 2.75) is 29.4 Å². The molecule has 0 bridgehead atoms. The second-order valence-corrected chi connectivity index (χ2v) is 7.77. The zero-order chi connectivity index (χ0) is 13.4. The molecule has 3 N–H and O–H groups in total. The first kappa shape index (κ1) is 13.7.